The topological polar surface area (TPSA) is 33.5 Å². The zero-order valence-corrected chi connectivity index (χ0v) is 13.4. The first-order chi connectivity index (χ1) is 9.86. The minimum Gasteiger partial charge on any atom is -0.465 e. The maximum Gasteiger partial charge on any atom is 0.262 e. The second-order valence-corrected chi connectivity index (χ2v) is 5.34. The lowest BCUT2D eigenvalue weighted by Gasteiger charge is -2.21. The van der Waals surface area contributed by atoms with Crippen molar-refractivity contribution in [3.05, 3.63) is 51.4 Å². The quantitative estimate of drug-likeness (QED) is 0.803. The lowest BCUT2D eigenvalue weighted by atomic mass is 10.2. The molecule has 1 aromatic carbocycles. The van der Waals surface area contributed by atoms with Gasteiger partial charge >= 0.3 is 0 Å². The van der Waals surface area contributed by atoms with Crippen LogP contribution in [0, 0.1) is 25.5 Å². The molecule has 0 fully saturated rings. The van der Waals surface area contributed by atoms with Gasteiger partial charge in [-0.15, -0.1) is 0 Å². The smallest absolute Gasteiger partial charge is 0.262 e. The molecule has 0 spiro atoms. The zero-order chi connectivity index (χ0) is 15.7. The summed E-state index contributed by atoms with van der Waals surface area (Å²) < 4.78 is 32.4. The van der Waals surface area contributed by atoms with Gasteiger partial charge in [0, 0.05) is 18.3 Å². The fourth-order valence-corrected chi connectivity index (χ4v) is 2.66. The van der Waals surface area contributed by atoms with Gasteiger partial charge in [0.2, 0.25) is 0 Å². The molecule has 112 valence electrons. The van der Waals surface area contributed by atoms with Crippen molar-refractivity contribution in [1.82, 2.24) is 0 Å². The highest BCUT2D eigenvalue weighted by Gasteiger charge is 2.25. The van der Waals surface area contributed by atoms with Gasteiger partial charge in [0.1, 0.15) is 11.5 Å². The predicted molar refractivity (Wildman–Crippen MR) is 79.6 cm³/mol. The van der Waals surface area contributed by atoms with Gasteiger partial charge < -0.3 is 9.32 Å². The molecule has 0 aliphatic rings. The average molecular weight is 358 g/mol. The monoisotopic (exact) mass is 357 g/mol. The zero-order valence-electron chi connectivity index (χ0n) is 11.8. The van der Waals surface area contributed by atoms with E-state index < -0.39 is 11.6 Å². The van der Waals surface area contributed by atoms with Gasteiger partial charge in [0.15, 0.2) is 11.6 Å². The maximum atomic E-state index is 13.4. The summed E-state index contributed by atoms with van der Waals surface area (Å²) in [4.78, 5) is 14.0. The van der Waals surface area contributed by atoms with Crippen molar-refractivity contribution in [2.45, 2.75) is 20.8 Å². The third-order valence-corrected chi connectivity index (χ3v) is 4.13. The largest absolute Gasteiger partial charge is 0.465 e. The maximum absolute atomic E-state index is 13.4. The Bertz CT molecular complexity index is 697. The summed E-state index contributed by atoms with van der Waals surface area (Å²) in [6.45, 7) is 5.50. The molecule has 0 radical (unpaired) electrons. The Hall–Kier alpha value is -1.69. The van der Waals surface area contributed by atoms with Crippen LogP contribution in [0.15, 0.2) is 27.1 Å². The Kier molecular flexibility index (Phi) is 4.46. The number of halogens is 3. The van der Waals surface area contributed by atoms with Crippen molar-refractivity contribution < 1.29 is 18.0 Å². The highest BCUT2D eigenvalue weighted by molar-refractivity contribution is 9.10. The highest BCUT2D eigenvalue weighted by atomic mass is 79.9. The Morgan fingerprint density at radius 3 is 2.38 bits per heavy atom. The molecule has 0 atom stereocenters. The van der Waals surface area contributed by atoms with Crippen LogP contribution in [0.4, 0.5) is 14.5 Å². The van der Waals surface area contributed by atoms with Crippen molar-refractivity contribution in [3.63, 3.8) is 0 Å². The summed E-state index contributed by atoms with van der Waals surface area (Å²) in [6, 6.07) is 3.38. The Morgan fingerprint density at radius 1 is 1.24 bits per heavy atom. The number of nitrogens with zero attached hydrogens (tertiary/aromatic N) is 1. The van der Waals surface area contributed by atoms with Crippen LogP contribution in [0.5, 0.6) is 0 Å². The highest BCUT2D eigenvalue weighted by Crippen LogP contribution is 2.30. The van der Waals surface area contributed by atoms with Crippen LogP contribution in [0.2, 0.25) is 0 Å². The molecule has 0 unspecified atom stereocenters. The number of carbonyl (C=O) groups is 1. The molecule has 0 saturated heterocycles. The molecule has 1 amide bonds. The molecular weight excluding hydrogens is 344 g/mol. The molecule has 3 nitrogen and oxygen atoms in total. The van der Waals surface area contributed by atoms with Gasteiger partial charge in [0.25, 0.3) is 5.91 Å². The summed E-state index contributed by atoms with van der Waals surface area (Å²) >= 11 is 3.32. The fraction of sp³-hybridized carbons (Fsp3) is 0.267. The SMILES string of the molecule is CCN(C(=O)c1c(C)oc(C)c1Br)c1ccc(F)c(F)c1. The second-order valence-electron chi connectivity index (χ2n) is 4.55. The first-order valence-electron chi connectivity index (χ1n) is 6.39. The summed E-state index contributed by atoms with van der Waals surface area (Å²) in [5, 5.41) is 0. The predicted octanol–water partition coefficient (Wildman–Crippen LogP) is 4.60. The number of amides is 1. The summed E-state index contributed by atoms with van der Waals surface area (Å²) in [5.74, 6) is -1.19. The first-order valence-corrected chi connectivity index (χ1v) is 7.18. The second kappa shape index (κ2) is 5.97. The molecule has 0 aliphatic carbocycles. The molecule has 0 N–H and O–H groups in total. The van der Waals surface area contributed by atoms with E-state index in [1.165, 1.54) is 11.0 Å². The molecule has 0 bridgehead atoms. The molecule has 21 heavy (non-hydrogen) atoms. The van der Waals surface area contributed by atoms with Crippen LogP contribution >= 0.6 is 15.9 Å². The van der Waals surface area contributed by atoms with Crippen molar-refractivity contribution in [2.75, 3.05) is 11.4 Å². The van der Waals surface area contributed by atoms with Crippen LogP contribution in [0.3, 0.4) is 0 Å². The minimum absolute atomic E-state index is 0.298. The number of aryl methyl sites for hydroxylation is 2. The number of benzene rings is 1. The van der Waals surface area contributed by atoms with E-state index in [2.05, 4.69) is 15.9 Å². The third kappa shape index (κ3) is 2.85. The van der Waals surface area contributed by atoms with Crippen molar-refractivity contribution in [2.24, 2.45) is 0 Å². The first kappa shape index (κ1) is 15.7. The van der Waals surface area contributed by atoms with E-state index in [0.717, 1.165) is 12.1 Å². The summed E-state index contributed by atoms with van der Waals surface area (Å²) in [5.41, 5.74) is 0.686. The van der Waals surface area contributed by atoms with Crippen molar-refractivity contribution in [3.8, 4) is 0 Å². The van der Waals surface area contributed by atoms with Crippen LogP contribution in [-0.2, 0) is 0 Å². The van der Waals surface area contributed by atoms with Crippen LogP contribution in [-0.4, -0.2) is 12.5 Å². The lowest BCUT2D eigenvalue weighted by molar-refractivity contribution is 0.0986. The van der Waals surface area contributed by atoms with Gasteiger partial charge in [-0.05, 0) is 48.8 Å². The number of anilines is 1. The van der Waals surface area contributed by atoms with E-state index in [4.69, 9.17) is 4.42 Å². The number of hydrogen-bond donors (Lipinski definition) is 0. The van der Waals surface area contributed by atoms with E-state index in [-0.39, 0.29) is 5.91 Å². The van der Waals surface area contributed by atoms with E-state index in [1.807, 2.05) is 0 Å². The standard InChI is InChI=1S/C15H14BrF2NO2/c1-4-19(10-5-6-11(17)12(18)7-10)15(20)13-8(2)21-9(3)14(13)16/h5-7H,4H2,1-3H3. The number of carbonyl (C=O) groups excluding carboxylic acids is 1. The summed E-state index contributed by atoms with van der Waals surface area (Å²) in [6.07, 6.45) is 0. The molecule has 2 aromatic rings. The Labute approximate surface area is 129 Å². The molecule has 6 heteroatoms. The van der Waals surface area contributed by atoms with Gasteiger partial charge in [-0.3, -0.25) is 4.79 Å². The van der Waals surface area contributed by atoms with Crippen LogP contribution < -0.4 is 4.90 Å². The normalized spacial score (nSPS) is 10.8. The third-order valence-electron chi connectivity index (χ3n) is 3.18. The van der Waals surface area contributed by atoms with Gasteiger partial charge in [-0.25, -0.2) is 8.78 Å². The fourth-order valence-electron chi connectivity index (χ4n) is 2.13. The van der Waals surface area contributed by atoms with Crippen molar-refractivity contribution >= 4 is 27.5 Å². The lowest BCUT2D eigenvalue weighted by Crippen LogP contribution is -2.31. The average Bonchev–Trinajstić information content (AvgIpc) is 2.68. The molecular formula is C15H14BrF2NO2. The van der Waals surface area contributed by atoms with E-state index in [1.54, 1.807) is 20.8 Å². The number of hydrogen-bond acceptors (Lipinski definition) is 2. The molecule has 1 heterocycles. The van der Waals surface area contributed by atoms with E-state index in [9.17, 15) is 13.6 Å². The van der Waals surface area contributed by atoms with Gasteiger partial charge in [0.05, 0.1) is 10.0 Å². The molecule has 0 aliphatic heterocycles. The van der Waals surface area contributed by atoms with Gasteiger partial charge in [-0.1, -0.05) is 0 Å². The Morgan fingerprint density at radius 2 is 1.90 bits per heavy atom. The van der Waals surface area contributed by atoms with Crippen molar-refractivity contribution in [1.29, 1.82) is 0 Å². The number of rotatable bonds is 3. The number of furan rings is 1. The summed E-state index contributed by atoms with van der Waals surface area (Å²) in [7, 11) is 0. The van der Waals surface area contributed by atoms with Gasteiger partial charge in [-0.2, -0.15) is 0 Å². The van der Waals surface area contributed by atoms with E-state index >= 15 is 0 Å². The molecule has 0 saturated carbocycles. The minimum atomic E-state index is -0.988. The van der Waals surface area contributed by atoms with Crippen LogP contribution in [0.1, 0.15) is 28.8 Å². The molecule has 1 aromatic heterocycles. The Balaban J connectivity index is 2.45. The van der Waals surface area contributed by atoms with Crippen LogP contribution in [0.25, 0.3) is 0 Å². The molecule has 2 rings (SSSR count). The van der Waals surface area contributed by atoms with E-state index in [0.29, 0.717) is 33.8 Å².